The van der Waals surface area contributed by atoms with Crippen LogP contribution in [0.4, 0.5) is 23.7 Å². The van der Waals surface area contributed by atoms with Crippen LogP contribution in [0.5, 0.6) is 5.75 Å². The highest BCUT2D eigenvalue weighted by molar-refractivity contribution is 5.88. The fraction of sp³-hybridized carbons (Fsp3) is 0.300. The van der Waals surface area contributed by atoms with Crippen molar-refractivity contribution in [2.24, 2.45) is 0 Å². The molecule has 5 nitrogen and oxygen atoms in total. The van der Waals surface area contributed by atoms with Gasteiger partial charge in [0.15, 0.2) is 6.61 Å². The number of hydroxylamine groups is 1. The third-order valence-electron chi connectivity index (χ3n) is 1.73. The smallest absolute Gasteiger partial charge is 0.414 e. The first-order chi connectivity index (χ1) is 8.40. The van der Waals surface area contributed by atoms with E-state index in [0.29, 0.717) is 11.4 Å². The van der Waals surface area contributed by atoms with E-state index in [1.54, 1.807) is 23.7 Å². The number of amides is 2. The second-order valence-electron chi connectivity index (χ2n) is 3.19. The Bertz CT molecular complexity index is 410. The van der Waals surface area contributed by atoms with Crippen LogP contribution < -0.4 is 15.5 Å². The quantitative estimate of drug-likeness (QED) is 0.820. The van der Waals surface area contributed by atoms with E-state index in [0.717, 1.165) is 0 Å². The van der Waals surface area contributed by atoms with Gasteiger partial charge in [0.2, 0.25) is 0 Å². The Hall–Kier alpha value is -1.96. The minimum atomic E-state index is -4.50. The molecule has 0 fully saturated rings. The van der Waals surface area contributed by atoms with Crippen LogP contribution in [0.2, 0.25) is 0 Å². The fourth-order valence-corrected chi connectivity index (χ4v) is 1.04. The normalized spacial score (nSPS) is 10.9. The molecule has 1 aromatic carbocycles. The zero-order valence-corrected chi connectivity index (χ0v) is 9.38. The summed E-state index contributed by atoms with van der Waals surface area (Å²) in [6.45, 7) is -1.56. The molecule has 0 unspecified atom stereocenters. The number of nitrogens with one attached hydrogen (secondary N) is 2. The van der Waals surface area contributed by atoms with Crippen molar-refractivity contribution in [2.75, 3.05) is 19.0 Å². The molecular formula is C10H11F3N2O3. The third-order valence-corrected chi connectivity index (χ3v) is 1.73. The lowest BCUT2D eigenvalue weighted by Crippen LogP contribution is -2.32. The maximum atomic E-state index is 11.7. The summed E-state index contributed by atoms with van der Waals surface area (Å²) in [4.78, 5) is 15.1. The summed E-state index contributed by atoms with van der Waals surface area (Å²) in [5.74, 6) is 0.504. The molecule has 2 N–H and O–H groups in total. The van der Waals surface area contributed by atoms with Gasteiger partial charge in [-0.3, -0.25) is 4.84 Å². The van der Waals surface area contributed by atoms with Gasteiger partial charge in [-0.15, -0.1) is 0 Å². The van der Waals surface area contributed by atoms with Crippen molar-refractivity contribution < 1.29 is 27.5 Å². The Kier molecular flexibility index (Phi) is 4.78. The summed E-state index contributed by atoms with van der Waals surface area (Å²) in [6.07, 6.45) is -4.50. The number of halogens is 3. The van der Waals surface area contributed by atoms with E-state index in [-0.39, 0.29) is 0 Å². The molecule has 0 aromatic heterocycles. The minimum absolute atomic E-state index is 0.363. The predicted molar refractivity (Wildman–Crippen MR) is 57.2 cm³/mol. The average molecular weight is 264 g/mol. The molecule has 18 heavy (non-hydrogen) atoms. The maximum absolute atomic E-state index is 11.7. The minimum Gasteiger partial charge on any atom is -0.497 e. The number of ether oxygens (including phenoxy) is 1. The summed E-state index contributed by atoms with van der Waals surface area (Å²) in [5.41, 5.74) is 1.98. The van der Waals surface area contributed by atoms with Crippen molar-refractivity contribution in [3.05, 3.63) is 24.3 Å². The number of anilines is 1. The lowest BCUT2D eigenvalue weighted by Gasteiger charge is -2.10. The van der Waals surface area contributed by atoms with E-state index >= 15 is 0 Å². The number of rotatable bonds is 4. The molecular weight excluding hydrogens is 253 g/mol. The van der Waals surface area contributed by atoms with Crippen molar-refractivity contribution in [1.82, 2.24) is 5.48 Å². The van der Waals surface area contributed by atoms with Crippen LogP contribution in [0.15, 0.2) is 24.3 Å². The summed E-state index contributed by atoms with van der Waals surface area (Å²) in [6, 6.07) is 5.41. The van der Waals surface area contributed by atoms with Crippen LogP contribution in [-0.4, -0.2) is 25.9 Å². The van der Waals surface area contributed by atoms with Gasteiger partial charge >= 0.3 is 12.2 Å². The molecule has 100 valence electrons. The van der Waals surface area contributed by atoms with Crippen LogP contribution >= 0.6 is 0 Å². The van der Waals surface area contributed by atoms with Crippen LogP contribution in [0.1, 0.15) is 0 Å². The zero-order chi connectivity index (χ0) is 13.6. The van der Waals surface area contributed by atoms with E-state index in [9.17, 15) is 18.0 Å². The average Bonchev–Trinajstić information content (AvgIpc) is 2.27. The molecule has 1 rings (SSSR count). The lowest BCUT2D eigenvalue weighted by atomic mass is 10.3. The first-order valence-electron chi connectivity index (χ1n) is 4.80. The molecule has 1 aromatic rings. The summed E-state index contributed by atoms with van der Waals surface area (Å²) in [7, 11) is 1.45. The number of methoxy groups -OCH3 is 1. The highest BCUT2D eigenvalue weighted by Gasteiger charge is 2.28. The van der Waals surface area contributed by atoms with Crippen LogP contribution in [0, 0.1) is 0 Å². The molecule has 0 atom stereocenters. The van der Waals surface area contributed by atoms with Gasteiger partial charge in [0.05, 0.1) is 7.11 Å². The highest BCUT2D eigenvalue weighted by Crippen LogP contribution is 2.16. The maximum Gasteiger partial charge on any atom is 0.414 e. The number of urea groups is 1. The van der Waals surface area contributed by atoms with E-state index in [1.165, 1.54) is 13.2 Å². The third kappa shape index (κ3) is 5.39. The van der Waals surface area contributed by atoms with Gasteiger partial charge in [-0.25, -0.2) is 10.3 Å². The second kappa shape index (κ2) is 6.10. The topological polar surface area (TPSA) is 59.6 Å². The Balaban J connectivity index is 2.40. The number of hydrogen-bond donors (Lipinski definition) is 2. The van der Waals surface area contributed by atoms with Gasteiger partial charge in [-0.1, -0.05) is 6.07 Å². The molecule has 2 amide bonds. The van der Waals surface area contributed by atoms with Gasteiger partial charge in [-0.2, -0.15) is 13.2 Å². The first kappa shape index (κ1) is 14.1. The van der Waals surface area contributed by atoms with Crippen LogP contribution in [0.3, 0.4) is 0 Å². The van der Waals surface area contributed by atoms with Gasteiger partial charge in [0, 0.05) is 11.8 Å². The Morgan fingerprint density at radius 2 is 2.11 bits per heavy atom. The molecule has 0 saturated heterocycles. The standard InChI is InChI=1S/C10H11F3N2O3/c1-17-8-4-2-3-7(5-8)14-9(16)15-18-6-10(11,12)13/h2-5H,6H2,1H3,(H2,14,15,16). The Morgan fingerprint density at radius 1 is 1.39 bits per heavy atom. The number of benzene rings is 1. The number of carbonyl (C=O) groups excluding carboxylic acids is 1. The summed E-state index contributed by atoms with van der Waals surface area (Å²) in [5, 5.41) is 2.28. The molecule has 0 aliphatic carbocycles. The first-order valence-corrected chi connectivity index (χ1v) is 4.80. The van der Waals surface area contributed by atoms with E-state index in [1.807, 2.05) is 0 Å². The fourth-order valence-electron chi connectivity index (χ4n) is 1.04. The molecule has 0 spiro atoms. The molecule has 0 aliphatic heterocycles. The number of alkyl halides is 3. The van der Waals surface area contributed by atoms with E-state index < -0.39 is 18.8 Å². The van der Waals surface area contributed by atoms with Gasteiger partial charge < -0.3 is 10.1 Å². The SMILES string of the molecule is COc1cccc(NC(=O)NOCC(F)(F)F)c1. The molecule has 0 radical (unpaired) electrons. The van der Waals surface area contributed by atoms with Crippen molar-refractivity contribution in [2.45, 2.75) is 6.18 Å². The zero-order valence-electron chi connectivity index (χ0n) is 9.38. The van der Waals surface area contributed by atoms with Crippen molar-refractivity contribution in [3.8, 4) is 5.75 Å². The molecule has 0 heterocycles. The lowest BCUT2D eigenvalue weighted by molar-refractivity contribution is -0.183. The monoisotopic (exact) mass is 264 g/mol. The van der Waals surface area contributed by atoms with E-state index in [4.69, 9.17) is 4.74 Å². The van der Waals surface area contributed by atoms with Crippen LogP contribution in [0.25, 0.3) is 0 Å². The van der Waals surface area contributed by atoms with E-state index in [2.05, 4.69) is 10.2 Å². The molecule has 0 bridgehead atoms. The Labute approximate surface area is 101 Å². The van der Waals surface area contributed by atoms with Gasteiger partial charge in [0.1, 0.15) is 5.75 Å². The molecule has 0 aliphatic rings. The predicted octanol–water partition coefficient (Wildman–Crippen LogP) is 2.31. The van der Waals surface area contributed by atoms with Crippen LogP contribution in [-0.2, 0) is 4.84 Å². The molecule has 8 heteroatoms. The Morgan fingerprint density at radius 3 is 2.72 bits per heavy atom. The summed E-state index contributed by atoms with van der Waals surface area (Å²) < 4.78 is 40.1. The number of carbonyl (C=O) groups is 1. The van der Waals surface area contributed by atoms with Gasteiger partial charge in [0.25, 0.3) is 0 Å². The summed E-state index contributed by atoms with van der Waals surface area (Å²) >= 11 is 0. The largest absolute Gasteiger partial charge is 0.497 e. The van der Waals surface area contributed by atoms with Crippen molar-refractivity contribution in [1.29, 1.82) is 0 Å². The molecule has 0 saturated carbocycles. The second-order valence-corrected chi connectivity index (χ2v) is 3.19. The van der Waals surface area contributed by atoms with Crippen molar-refractivity contribution >= 4 is 11.7 Å². The van der Waals surface area contributed by atoms with Crippen molar-refractivity contribution in [3.63, 3.8) is 0 Å². The number of hydrogen-bond acceptors (Lipinski definition) is 3. The van der Waals surface area contributed by atoms with Gasteiger partial charge in [-0.05, 0) is 12.1 Å². The highest BCUT2D eigenvalue weighted by atomic mass is 19.4.